The fourth-order valence-electron chi connectivity index (χ4n) is 5.13. The van der Waals surface area contributed by atoms with Crippen molar-refractivity contribution in [3.05, 3.63) is 36.5 Å². The molecule has 0 aliphatic heterocycles. The van der Waals surface area contributed by atoms with Crippen LogP contribution in [0.15, 0.2) is 36.5 Å². The number of rotatable bonds is 35. The monoisotopic (exact) mass is 708 g/mol. The topological polar surface area (TPSA) is 112 Å². The predicted octanol–water partition coefficient (Wildman–Crippen LogP) is 9.03. The van der Waals surface area contributed by atoms with Gasteiger partial charge in [-0.05, 0) is 64.1 Å². The molecule has 290 valence electrons. The molecule has 0 aliphatic rings. The summed E-state index contributed by atoms with van der Waals surface area (Å²) in [4.78, 5) is 39.2. The van der Waals surface area contributed by atoms with Crippen LogP contribution in [0.4, 0.5) is 0 Å². The quantitative estimate of drug-likeness (QED) is 0.0172. The molecular weight excluding hydrogens is 634 g/mol. The van der Waals surface area contributed by atoms with Crippen molar-refractivity contribution in [2.24, 2.45) is 5.92 Å². The number of carbonyl (C=O) groups excluding carboxylic acids is 3. The number of carbonyl (C=O) groups is 3. The van der Waals surface area contributed by atoms with Gasteiger partial charge >= 0.3 is 17.9 Å². The number of aliphatic hydroxyl groups excluding tert-OH is 1. The Morgan fingerprint density at radius 3 is 1.78 bits per heavy atom. The zero-order chi connectivity index (χ0) is 36.9. The molecule has 0 radical (unpaired) electrons. The lowest BCUT2D eigenvalue weighted by Crippen LogP contribution is -2.29. The van der Waals surface area contributed by atoms with Crippen molar-refractivity contribution in [1.82, 2.24) is 4.90 Å². The van der Waals surface area contributed by atoms with E-state index >= 15 is 0 Å². The largest absolute Gasteiger partial charge is 0.465 e. The summed E-state index contributed by atoms with van der Waals surface area (Å²) in [5.74, 6) is -1.84. The summed E-state index contributed by atoms with van der Waals surface area (Å²) in [7, 11) is 0. The molecule has 0 saturated carbocycles. The second-order valence-corrected chi connectivity index (χ2v) is 13.0. The Labute approximate surface area is 305 Å². The molecule has 0 rings (SSSR count). The molecular formula is C41H73NO8. The van der Waals surface area contributed by atoms with E-state index < -0.39 is 18.2 Å². The SMILES string of the molecule is CCCCC/C=C\C/C=C\CCCCCCCC(=O)OCC(COC(=O)/C=C/C(O)OCCCCCCCC)COC(=O)CCN(CC)CC. The number of nitrogens with zero attached hydrogens (tertiary/aromatic N) is 1. The molecule has 50 heavy (non-hydrogen) atoms. The predicted molar refractivity (Wildman–Crippen MR) is 203 cm³/mol. The first-order chi connectivity index (χ1) is 24.4. The first kappa shape index (κ1) is 47.5. The van der Waals surface area contributed by atoms with E-state index in [1.807, 2.05) is 13.8 Å². The van der Waals surface area contributed by atoms with Crippen LogP contribution in [-0.2, 0) is 33.3 Å². The van der Waals surface area contributed by atoms with Crippen LogP contribution in [0, 0.1) is 5.92 Å². The third-order valence-corrected chi connectivity index (χ3v) is 8.46. The van der Waals surface area contributed by atoms with Crippen molar-refractivity contribution in [3.63, 3.8) is 0 Å². The van der Waals surface area contributed by atoms with E-state index in [0.29, 0.717) is 19.6 Å². The Kier molecular flexibility index (Phi) is 34.5. The van der Waals surface area contributed by atoms with Gasteiger partial charge < -0.3 is 29.0 Å². The van der Waals surface area contributed by atoms with Crippen molar-refractivity contribution in [1.29, 1.82) is 0 Å². The van der Waals surface area contributed by atoms with E-state index in [1.54, 1.807) is 0 Å². The number of ether oxygens (including phenoxy) is 4. The van der Waals surface area contributed by atoms with Crippen LogP contribution in [0.5, 0.6) is 0 Å². The average molecular weight is 708 g/mol. The highest BCUT2D eigenvalue weighted by Gasteiger charge is 2.18. The molecule has 1 N–H and O–H groups in total. The second kappa shape index (κ2) is 36.3. The molecule has 0 heterocycles. The minimum Gasteiger partial charge on any atom is -0.465 e. The van der Waals surface area contributed by atoms with Crippen molar-refractivity contribution in [2.75, 3.05) is 46.1 Å². The normalized spacial score (nSPS) is 13.1. The van der Waals surface area contributed by atoms with Gasteiger partial charge in [0, 0.05) is 19.0 Å². The highest BCUT2D eigenvalue weighted by atomic mass is 16.6. The molecule has 2 unspecified atom stereocenters. The minimum absolute atomic E-state index is 0.0244. The van der Waals surface area contributed by atoms with Gasteiger partial charge in [-0.25, -0.2) is 4.79 Å². The zero-order valence-corrected chi connectivity index (χ0v) is 32.3. The molecule has 0 amide bonds. The molecule has 0 spiro atoms. The van der Waals surface area contributed by atoms with Crippen LogP contribution in [0.1, 0.15) is 150 Å². The van der Waals surface area contributed by atoms with Gasteiger partial charge in [-0.2, -0.15) is 0 Å². The first-order valence-corrected chi connectivity index (χ1v) is 19.8. The van der Waals surface area contributed by atoms with Gasteiger partial charge in [-0.1, -0.05) is 116 Å². The van der Waals surface area contributed by atoms with Crippen molar-refractivity contribution in [3.8, 4) is 0 Å². The van der Waals surface area contributed by atoms with Crippen molar-refractivity contribution in [2.45, 2.75) is 156 Å². The maximum atomic E-state index is 12.4. The lowest BCUT2D eigenvalue weighted by Gasteiger charge is -2.19. The lowest BCUT2D eigenvalue weighted by atomic mass is 10.1. The molecule has 2 atom stereocenters. The van der Waals surface area contributed by atoms with Crippen LogP contribution in [0.3, 0.4) is 0 Å². The fourth-order valence-corrected chi connectivity index (χ4v) is 5.13. The fraction of sp³-hybridized carbons (Fsp3) is 0.780. The van der Waals surface area contributed by atoms with Crippen molar-refractivity contribution >= 4 is 17.9 Å². The Bertz CT molecular complexity index is 899. The molecule has 0 aromatic carbocycles. The number of esters is 3. The van der Waals surface area contributed by atoms with Crippen LogP contribution in [0.25, 0.3) is 0 Å². The third kappa shape index (κ3) is 32.7. The molecule has 0 aliphatic carbocycles. The van der Waals surface area contributed by atoms with Gasteiger partial charge in [-0.15, -0.1) is 0 Å². The van der Waals surface area contributed by atoms with Gasteiger partial charge in [0.15, 0.2) is 6.29 Å². The average Bonchev–Trinajstić information content (AvgIpc) is 3.11. The Morgan fingerprint density at radius 1 is 0.620 bits per heavy atom. The maximum absolute atomic E-state index is 12.4. The van der Waals surface area contributed by atoms with E-state index in [9.17, 15) is 19.5 Å². The number of aliphatic hydroxyl groups is 1. The Hall–Kier alpha value is -2.49. The van der Waals surface area contributed by atoms with E-state index in [4.69, 9.17) is 18.9 Å². The van der Waals surface area contributed by atoms with Gasteiger partial charge in [0.2, 0.25) is 0 Å². The summed E-state index contributed by atoms with van der Waals surface area (Å²) in [5, 5.41) is 10.00. The Morgan fingerprint density at radius 2 is 1.14 bits per heavy atom. The lowest BCUT2D eigenvalue weighted by molar-refractivity contribution is -0.152. The number of unbranched alkanes of at least 4 members (excludes halogenated alkanes) is 13. The molecule has 0 fully saturated rings. The summed E-state index contributed by atoms with van der Waals surface area (Å²) >= 11 is 0. The van der Waals surface area contributed by atoms with Gasteiger partial charge in [0.1, 0.15) is 19.8 Å². The molecule has 0 aromatic heterocycles. The van der Waals surface area contributed by atoms with E-state index in [2.05, 4.69) is 43.1 Å². The maximum Gasteiger partial charge on any atom is 0.330 e. The Balaban J connectivity index is 4.47. The first-order valence-electron chi connectivity index (χ1n) is 19.8. The van der Waals surface area contributed by atoms with E-state index in [-0.39, 0.29) is 38.2 Å². The highest BCUT2D eigenvalue weighted by Crippen LogP contribution is 2.11. The molecule has 0 bridgehead atoms. The molecule has 0 saturated heterocycles. The molecule has 9 nitrogen and oxygen atoms in total. The number of hydrogen-bond acceptors (Lipinski definition) is 9. The van der Waals surface area contributed by atoms with E-state index in [0.717, 1.165) is 83.4 Å². The van der Waals surface area contributed by atoms with Crippen molar-refractivity contribution < 1.29 is 38.4 Å². The third-order valence-electron chi connectivity index (χ3n) is 8.46. The van der Waals surface area contributed by atoms with Gasteiger partial charge in [-0.3, -0.25) is 9.59 Å². The summed E-state index contributed by atoms with van der Waals surface area (Å²) in [5.41, 5.74) is 0. The van der Waals surface area contributed by atoms with Gasteiger partial charge in [0.05, 0.1) is 18.9 Å². The van der Waals surface area contributed by atoms with Crippen LogP contribution in [0.2, 0.25) is 0 Å². The van der Waals surface area contributed by atoms with Crippen LogP contribution < -0.4 is 0 Å². The highest BCUT2D eigenvalue weighted by molar-refractivity contribution is 5.81. The van der Waals surface area contributed by atoms with Crippen LogP contribution >= 0.6 is 0 Å². The summed E-state index contributed by atoms with van der Waals surface area (Å²) in [6.45, 7) is 11.0. The van der Waals surface area contributed by atoms with Crippen LogP contribution in [-0.4, -0.2) is 80.3 Å². The molecule has 9 heteroatoms. The van der Waals surface area contributed by atoms with E-state index in [1.165, 1.54) is 51.0 Å². The summed E-state index contributed by atoms with van der Waals surface area (Å²) in [6.07, 6.45) is 29.6. The minimum atomic E-state index is -1.20. The number of allylic oxidation sites excluding steroid dienone is 4. The smallest absolute Gasteiger partial charge is 0.330 e. The van der Waals surface area contributed by atoms with Gasteiger partial charge in [0.25, 0.3) is 0 Å². The molecule has 0 aromatic rings. The summed E-state index contributed by atoms with van der Waals surface area (Å²) in [6, 6.07) is 0. The number of hydrogen-bond donors (Lipinski definition) is 1. The zero-order valence-electron chi connectivity index (χ0n) is 32.3. The summed E-state index contributed by atoms with van der Waals surface area (Å²) < 4.78 is 21.6. The second-order valence-electron chi connectivity index (χ2n) is 13.0. The standard InChI is InChI=1S/C41H73NO8/c1-5-9-11-13-15-16-17-18-19-20-21-22-23-24-26-28-38(43)48-34-37(36-50-41(46)31-32-42(7-3)8-4)35-49-40(45)30-29-39(44)47-33-27-25-14-12-10-6-2/h15-16,18-19,29-30,37,39,44H,5-14,17,20-28,31-36H2,1-4H3/b16-15-,19-18-,30-29+.